The Hall–Kier alpha value is -2.30. The minimum atomic E-state index is -0.556. The highest BCUT2D eigenvalue weighted by Crippen LogP contribution is 2.21. The van der Waals surface area contributed by atoms with Crippen molar-refractivity contribution >= 4 is 11.7 Å². The highest BCUT2D eigenvalue weighted by atomic mass is 16.5. The zero-order chi connectivity index (χ0) is 15.2. The van der Waals surface area contributed by atoms with E-state index in [2.05, 4.69) is 10.4 Å². The number of esters is 1. The van der Waals surface area contributed by atoms with Gasteiger partial charge < -0.3 is 10.1 Å². The number of para-hydroxylation sites is 1. The van der Waals surface area contributed by atoms with Gasteiger partial charge >= 0.3 is 5.97 Å². The number of nitrogens with one attached hydrogen (secondary N) is 1. The number of aromatic nitrogens is 2. The highest BCUT2D eigenvalue weighted by molar-refractivity contribution is 5.80. The molecule has 0 aliphatic heterocycles. The predicted octanol–water partition coefficient (Wildman–Crippen LogP) is 3.18. The average Bonchev–Trinajstić information content (AvgIpc) is 2.96. The fourth-order valence-electron chi connectivity index (χ4n) is 1.99. The third-order valence-corrected chi connectivity index (χ3v) is 3.09. The summed E-state index contributed by atoms with van der Waals surface area (Å²) in [5.41, 5.74) is 1.67. The third kappa shape index (κ3) is 3.84. The van der Waals surface area contributed by atoms with Crippen molar-refractivity contribution in [1.82, 2.24) is 9.78 Å². The molecule has 1 aromatic heterocycles. The van der Waals surface area contributed by atoms with Gasteiger partial charge in [0.15, 0.2) is 6.04 Å². The minimum absolute atomic E-state index is 0.248. The molecule has 2 aromatic rings. The number of nitrogens with zero attached hydrogens (tertiary/aromatic N) is 2. The predicted molar refractivity (Wildman–Crippen MR) is 82.1 cm³/mol. The van der Waals surface area contributed by atoms with E-state index >= 15 is 0 Å². The van der Waals surface area contributed by atoms with Crippen LogP contribution in [0.1, 0.15) is 38.4 Å². The normalized spacial score (nSPS) is 12.2. The Morgan fingerprint density at radius 1 is 1.33 bits per heavy atom. The minimum Gasteiger partial charge on any atom is -0.464 e. The van der Waals surface area contributed by atoms with Crippen molar-refractivity contribution in [2.24, 2.45) is 0 Å². The van der Waals surface area contributed by atoms with Crippen LogP contribution in [0, 0.1) is 0 Å². The molecule has 1 N–H and O–H groups in total. The summed E-state index contributed by atoms with van der Waals surface area (Å²) in [5, 5.41) is 7.49. The highest BCUT2D eigenvalue weighted by Gasteiger charge is 2.23. The third-order valence-electron chi connectivity index (χ3n) is 3.09. The van der Waals surface area contributed by atoms with Crippen molar-refractivity contribution in [2.75, 3.05) is 11.9 Å². The molecule has 1 aromatic carbocycles. The second-order valence-electron chi connectivity index (χ2n) is 5.04. The molecule has 5 nitrogen and oxygen atoms in total. The molecule has 5 heteroatoms. The molecule has 1 atom stereocenters. The van der Waals surface area contributed by atoms with Crippen molar-refractivity contribution in [3.05, 3.63) is 48.3 Å². The largest absolute Gasteiger partial charge is 0.464 e. The maximum atomic E-state index is 12.2. The lowest BCUT2D eigenvalue weighted by molar-refractivity contribution is -0.144. The van der Waals surface area contributed by atoms with Gasteiger partial charge in [-0.15, -0.1) is 0 Å². The van der Waals surface area contributed by atoms with Crippen molar-refractivity contribution in [2.45, 2.75) is 32.9 Å². The van der Waals surface area contributed by atoms with Crippen molar-refractivity contribution < 1.29 is 9.53 Å². The van der Waals surface area contributed by atoms with Gasteiger partial charge in [0.05, 0.1) is 12.8 Å². The second-order valence-corrected chi connectivity index (χ2v) is 5.04. The number of carbonyl (C=O) groups is 1. The molecule has 21 heavy (non-hydrogen) atoms. The molecule has 0 aliphatic carbocycles. The Balaban J connectivity index is 2.24. The lowest BCUT2D eigenvalue weighted by Crippen LogP contribution is -2.23. The van der Waals surface area contributed by atoms with Crippen LogP contribution in [-0.4, -0.2) is 22.4 Å². The molecule has 0 aliphatic rings. The molecule has 0 radical (unpaired) electrons. The summed E-state index contributed by atoms with van der Waals surface area (Å²) in [6.07, 6.45) is 3.58. The summed E-state index contributed by atoms with van der Waals surface area (Å²) < 4.78 is 6.99. The van der Waals surface area contributed by atoms with Crippen molar-refractivity contribution in [3.8, 4) is 0 Å². The van der Waals surface area contributed by atoms with Crippen LogP contribution >= 0.6 is 0 Å². The fourth-order valence-corrected chi connectivity index (χ4v) is 1.99. The van der Waals surface area contributed by atoms with E-state index in [9.17, 15) is 4.79 Å². The second kappa shape index (κ2) is 6.92. The molecule has 0 saturated carbocycles. The van der Waals surface area contributed by atoms with Crippen LogP contribution in [0.25, 0.3) is 0 Å². The summed E-state index contributed by atoms with van der Waals surface area (Å²) in [6.45, 7) is 6.24. The van der Waals surface area contributed by atoms with Crippen LogP contribution in [0.15, 0.2) is 42.7 Å². The number of anilines is 1. The average molecular weight is 287 g/mol. The molecule has 0 bridgehead atoms. The number of ether oxygens (including phenoxy) is 1. The summed E-state index contributed by atoms with van der Waals surface area (Å²) in [7, 11) is 0. The zero-order valence-corrected chi connectivity index (χ0v) is 12.6. The van der Waals surface area contributed by atoms with E-state index in [1.54, 1.807) is 13.1 Å². The van der Waals surface area contributed by atoms with Gasteiger partial charge in [-0.2, -0.15) is 5.10 Å². The molecule has 0 amide bonds. The molecular weight excluding hydrogens is 266 g/mol. The van der Waals surface area contributed by atoms with Crippen molar-refractivity contribution in [3.63, 3.8) is 0 Å². The Kier molecular flexibility index (Phi) is 4.98. The first-order chi connectivity index (χ1) is 10.1. The van der Waals surface area contributed by atoms with Gasteiger partial charge in [-0.3, -0.25) is 4.68 Å². The first kappa shape index (κ1) is 15.1. The van der Waals surface area contributed by atoms with Crippen LogP contribution in [0.4, 0.5) is 5.69 Å². The smallest absolute Gasteiger partial charge is 0.333 e. The van der Waals surface area contributed by atoms with Crippen LogP contribution in [0.2, 0.25) is 0 Å². The van der Waals surface area contributed by atoms with E-state index in [0.717, 1.165) is 11.3 Å². The van der Waals surface area contributed by atoms with Gasteiger partial charge in [0.25, 0.3) is 0 Å². The maximum absolute atomic E-state index is 12.2. The molecule has 0 saturated heterocycles. The first-order valence-electron chi connectivity index (χ1n) is 7.14. The zero-order valence-electron chi connectivity index (χ0n) is 12.6. The standard InChI is InChI=1S/C16H21N3O2/c1-4-21-16(20)15(18-14-8-6-5-7-9-14)13-10-17-19(11-13)12(2)3/h5-12,15,18H,4H2,1-3H3. The van der Waals surface area contributed by atoms with E-state index in [0.29, 0.717) is 6.61 Å². The molecule has 0 spiro atoms. The summed E-state index contributed by atoms with van der Waals surface area (Å²) in [5.74, 6) is -0.301. The van der Waals surface area contributed by atoms with Crippen LogP contribution in [-0.2, 0) is 9.53 Å². The quantitative estimate of drug-likeness (QED) is 0.829. The lowest BCUT2D eigenvalue weighted by Gasteiger charge is -2.17. The van der Waals surface area contributed by atoms with E-state index in [4.69, 9.17) is 4.74 Å². The van der Waals surface area contributed by atoms with Gasteiger partial charge in [0, 0.05) is 23.5 Å². The summed E-state index contributed by atoms with van der Waals surface area (Å²) in [4.78, 5) is 12.2. The number of hydrogen-bond acceptors (Lipinski definition) is 4. The van der Waals surface area contributed by atoms with Gasteiger partial charge in [-0.05, 0) is 32.9 Å². The van der Waals surface area contributed by atoms with Crippen LogP contribution < -0.4 is 5.32 Å². The number of benzene rings is 1. The number of hydrogen-bond donors (Lipinski definition) is 1. The molecule has 112 valence electrons. The Morgan fingerprint density at radius 2 is 2.05 bits per heavy atom. The SMILES string of the molecule is CCOC(=O)C(Nc1ccccc1)c1cnn(C(C)C)c1. The van der Waals surface area contributed by atoms with Gasteiger partial charge in [0.1, 0.15) is 0 Å². The van der Waals surface area contributed by atoms with E-state index in [1.165, 1.54) is 0 Å². The van der Waals surface area contributed by atoms with Crippen LogP contribution in [0.5, 0.6) is 0 Å². The number of rotatable bonds is 6. The maximum Gasteiger partial charge on any atom is 0.333 e. The van der Waals surface area contributed by atoms with Gasteiger partial charge in [-0.25, -0.2) is 4.79 Å². The van der Waals surface area contributed by atoms with E-state index in [-0.39, 0.29) is 12.0 Å². The van der Waals surface area contributed by atoms with Gasteiger partial charge in [0.2, 0.25) is 0 Å². The van der Waals surface area contributed by atoms with Gasteiger partial charge in [-0.1, -0.05) is 18.2 Å². The monoisotopic (exact) mass is 287 g/mol. The number of carbonyl (C=O) groups excluding carboxylic acids is 1. The van der Waals surface area contributed by atoms with E-state index < -0.39 is 6.04 Å². The molecule has 1 heterocycles. The molecule has 2 rings (SSSR count). The molecule has 1 unspecified atom stereocenters. The summed E-state index contributed by atoms with van der Waals surface area (Å²) in [6, 6.07) is 9.29. The lowest BCUT2D eigenvalue weighted by atomic mass is 10.1. The van der Waals surface area contributed by atoms with Crippen LogP contribution in [0.3, 0.4) is 0 Å². The topological polar surface area (TPSA) is 56.1 Å². The summed E-state index contributed by atoms with van der Waals surface area (Å²) >= 11 is 0. The Morgan fingerprint density at radius 3 is 2.62 bits per heavy atom. The molecular formula is C16H21N3O2. The molecule has 0 fully saturated rings. The Labute approximate surface area is 124 Å². The Bertz CT molecular complexity index is 578. The van der Waals surface area contributed by atoms with E-state index in [1.807, 2.05) is 55.1 Å². The van der Waals surface area contributed by atoms with Crippen molar-refractivity contribution in [1.29, 1.82) is 0 Å². The first-order valence-corrected chi connectivity index (χ1v) is 7.14. The fraction of sp³-hybridized carbons (Fsp3) is 0.375.